The van der Waals surface area contributed by atoms with Gasteiger partial charge in [0.25, 0.3) is 5.91 Å². The number of hydrogen-bond donors (Lipinski definition) is 1. The Bertz CT molecular complexity index is 1250. The fourth-order valence-corrected chi connectivity index (χ4v) is 5.64. The van der Waals surface area contributed by atoms with Crippen molar-refractivity contribution in [1.82, 2.24) is 15.1 Å². The molecule has 0 spiro atoms. The summed E-state index contributed by atoms with van der Waals surface area (Å²) in [7, 11) is 3.24. The first-order valence-electron chi connectivity index (χ1n) is 13.2. The molecule has 1 N–H and O–H groups in total. The fourth-order valence-electron chi connectivity index (χ4n) is 5.33. The average molecular weight is 605 g/mol. The van der Waals surface area contributed by atoms with E-state index in [1.807, 2.05) is 73.8 Å². The molecule has 0 aliphatic carbocycles. The molecule has 9 heteroatoms. The number of benzene rings is 3. The number of piperidine rings is 1. The van der Waals surface area contributed by atoms with Crippen molar-refractivity contribution in [3.05, 3.63) is 106 Å². The molecule has 40 heavy (non-hydrogen) atoms. The zero-order valence-electron chi connectivity index (χ0n) is 22.8. The number of rotatable bonds is 9. The van der Waals surface area contributed by atoms with E-state index in [4.69, 9.17) is 27.9 Å². The van der Waals surface area contributed by atoms with Gasteiger partial charge < -0.3 is 19.9 Å². The average Bonchev–Trinajstić information content (AvgIpc) is 2.97. The predicted molar refractivity (Wildman–Crippen MR) is 164 cm³/mol. The van der Waals surface area contributed by atoms with Crippen LogP contribution in [0.5, 0.6) is 0 Å². The molecule has 3 aromatic rings. The van der Waals surface area contributed by atoms with E-state index < -0.39 is 11.6 Å². The second-order valence-corrected chi connectivity index (χ2v) is 10.9. The van der Waals surface area contributed by atoms with Crippen LogP contribution < -0.4 is 5.32 Å². The van der Waals surface area contributed by atoms with Gasteiger partial charge in [0.15, 0.2) is 0 Å². The van der Waals surface area contributed by atoms with Gasteiger partial charge in [0.05, 0.1) is 22.7 Å². The third kappa shape index (κ3) is 7.91. The molecule has 1 fully saturated rings. The molecule has 2 amide bonds. The van der Waals surface area contributed by atoms with E-state index >= 15 is 0 Å². The minimum absolute atomic E-state index is 0. The Morgan fingerprint density at radius 2 is 1.60 bits per heavy atom. The van der Waals surface area contributed by atoms with Gasteiger partial charge in [-0.3, -0.25) is 4.79 Å². The van der Waals surface area contributed by atoms with Crippen LogP contribution in [0.1, 0.15) is 46.7 Å². The smallest absolute Gasteiger partial charge is 0.407 e. The van der Waals surface area contributed by atoms with Crippen LogP contribution >= 0.6 is 35.6 Å². The standard InChI is InChI=1S/C31H35Cl2N3O3.ClH/c1-35(29(37)23-9-5-3-6-10-23)22-25(24-13-14-27(32)28(33)21-24)15-18-36-19-16-31(17-20-36,34-30(38)39-2)26-11-7-4-8-12-26;/h3-14,21,25H,15-20,22H2,1-2H3,(H,34,38);1H. The molecule has 4 rings (SSSR count). The van der Waals surface area contributed by atoms with Gasteiger partial charge >= 0.3 is 6.09 Å². The third-order valence-electron chi connectivity index (χ3n) is 7.63. The summed E-state index contributed by atoms with van der Waals surface area (Å²) < 4.78 is 4.94. The van der Waals surface area contributed by atoms with Crippen LogP contribution in [0.4, 0.5) is 4.79 Å². The molecule has 0 radical (unpaired) electrons. The first-order chi connectivity index (χ1) is 18.8. The Kier molecular flexibility index (Phi) is 11.7. The summed E-state index contributed by atoms with van der Waals surface area (Å²) in [5.74, 6) is 0.0617. The van der Waals surface area contributed by atoms with Gasteiger partial charge in [-0.2, -0.15) is 0 Å². The number of ether oxygens (including phenoxy) is 1. The van der Waals surface area contributed by atoms with E-state index in [2.05, 4.69) is 22.3 Å². The second-order valence-electron chi connectivity index (χ2n) is 10.1. The maximum atomic E-state index is 13.1. The molecule has 1 heterocycles. The molecule has 0 bridgehead atoms. The number of methoxy groups -OCH3 is 1. The number of halogens is 3. The number of amides is 2. The number of hydrogen-bond acceptors (Lipinski definition) is 4. The zero-order valence-corrected chi connectivity index (χ0v) is 25.1. The largest absolute Gasteiger partial charge is 0.453 e. The lowest BCUT2D eigenvalue weighted by Crippen LogP contribution is -2.53. The van der Waals surface area contributed by atoms with Crippen molar-refractivity contribution >= 4 is 47.6 Å². The molecule has 3 aromatic carbocycles. The molecular weight excluding hydrogens is 569 g/mol. The molecule has 1 saturated heterocycles. The zero-order chi connectivity index (χ0) is 27.8. The van der Waals surface area contributed by atoms with Gasteiger partial charge in [0, 0.05) is 38.2 Å². The van der Waals surface area contributed by atoms with Crippen LogP contribution in [0, 0.1) is 0 Å². The van der Waals surface area contributed by atoms with Crippen LogP contribution in [-0.4, -0.2) is 62.1 Å². The monoisotopic (exact) mass is 603 g/mol. The van der Waals surface area contributed by atoms with Crippen LogP contribution in [-0.2, 0) is 10.3 Å². The Labute approximate surface area is 253 Å². The van der Waals surface area contributed by atoms with Gasteiger partial charge in [0.1, 0.15) is 0 Å². The number of likely N-dealkylation sites (tertiary alicyclic amines) is 1. The van der Waals surface area contributed by atoms with Gasteiger partial charge in [-0.15, -0.1) is 12.4 Å². The van der Waals surface area contributed by atoms with Crippen LogP contribution in [0.2, 0.25) is 10.0 Å². The van der Waals surface area contributed by atoms with Crippen molar-refractivity contribution in [2.75, 3.05) is 40.3 Å². The van der Waals surface area contributed by atoms with E-state index in [1.165, 1.54) is 7.11 Å². The Morgan fingerprint density at radius 1 is 0.975 bits per heavy atom. The number of nitrogens with one attached hydrogen (secondary N) is 1. The lowest BCUT2D eigenvalue weighted by Gasteiger charge is -2.42. The highest BCUT2D eigenvalue weighted by Crippen LogP contribution is 2.34. The highest BCUT2D eigenvalue weighted by Gasteiger charge is 2.38. The van der Waals surface area contributed by atoms with Crippen LogP contribution in [0.3, 0.4) is 0 Å². The van der Waals surface area contributed by atoms with Crippen molar-refractivity contribution in [3.8, 4) is 0 Å². The van der Waals surface area contributed by atoms with E-state index in [9.17, 15) is 9.59 Å². The minimum atomic E-state index is -0.462. The molecule has 0 aromatic heterocycles. The SMILES string of the molecule is COC(=O)NC1(c2ccccc2)CCN(CCC(CN(C)C(=O)c2ccccc2)c2ccc(Cl)c(Cl)c2)CC1.Cl. The van der Waals surface area contributed by atoms with Crippen molar-refractivity contribution in [3.63, 3.8) is 0 Å². The summed E-state index contributed by atoms with van der Waals surface area (Å²) in [5, 5.41) is 4.14. The first-order valence-corrected chi connectivity index (χ1v) is 14.0. The summed E-state index contributed by atoms with van der Waals surface area (Å²) in [4.78, 5) is 29.5. The van der Waals surface area contributed by atoms with Crippen LogP contribution in [0.25, 0.3) is 0 Å². The van der Waals surface area contributed by atoms with E-state index in [0.29, 0.717) is 22.2 Å². The Morgan fingerprint density at radius 3 is 2.20 bits per heavy atom. The summed E-state index contributed by atoms with van der Waals surface area (Å²) >= 11 is 12.6. The number of nitrogens with zero attached hydrogens (tertiary/aromatic N) is 2. The summed E-state index contributed by atoms with van der Waals surface area (Å²) in [6, 6.07) is 25.1. The molecule has 1 unspecified atom stereocenters. The lowest BCUT2D eigenvalue weighted by molar-refractivity contribution is 0.0777. The minimum Gasteiger partial charge on any atom is -0.453 e. The number of alkyl carbamates (subject to hydrolysis) is 1. The maximum Gasteiger partial charge on any atom is 0.407 e. The fraction of sp³-hybridized carbons (Fsp3) is 0.355. The molecule has 214 valence electrons. The summed E-state index contributed by atoms with van der Waals surface area (Å²) in [6.45, 7) is 3.05. The number of carbonyl (C=O) groups is 2. The normalized spacial score (nSPS) is 15.4. The Hall–Kier alpha value is -2.77. The van der Waals surface area contributed by atoms with Crippen molar-refractivity contribution < 1.29 is 14.3 Å². The molecule has 6 nitrogen and oxygen atoms in total. The highest BCUT2D eigenvalue weighted by atomic mass is 35.5. The predicted octanol–water partition coefficient (Wildman–Crippen LogP) is 7.01. The number of carbonyl (C=O) groups excluding carboxylic acids is 2. The van der Waals surface area contributed by atoms with Crippen molar-refractivity contribution in [2.24, 2.45) is 0 Å². The highest BCUT2D eigenvalue weighted by molar-refractivity contribution is 6.42. The quantitative estimate of drug-likeness (QED) is 0.285. The van der Waals surface area contributed by atoms with E-state index in [0.717, 1.165) is 50.0 Å². The molecule has 1 aliphatic rings. The maximum absolute atomic E-state index is 13.1. The molecule has 0 saturated carbocycles. The van der Waals surface area contributed by atoms with Crippen LogP contribution in [0.15, 0.2) is 78.9 Å². The Balaban J connectivity index is 0.00000441. The first kappa shape index (κ1) is 31.8. The van der Waals surface area contributed by atoms with Gasteiger partial charge in [0.2, 0.25) is 0 Å². The number of likely N-dealkylation sites (N-methyl/N-ethyl adjacent to an activating group) is 1. The van der Waals surface area contributed by atoms with Crippen molar-refractivity contribution in [1.29, 1.82) is 0 Å². The van der Waals surface area contributed by atoms with E-state index in [-0.39, 0.29) is 24.2 Å². The molecule has 1 aliphatic heterocycles. The lowest BCUT2D eigenvalue weighted by atomic mass is 9.80. The van der Waals surface area contributed by atoms with Gasteiger partial charge in [-0.25, -0.2) is 4.79 Å². The third-order valence-corrected chi connectivity index (χ3v) is 8.37. The van der Waals surface area contributed by atoms with Gasteiger partial charge in [-0.1, -0.05) is 77.8 Å². The second kappa shape index (κ2) is 14.7. The molecule has 1 atom stereocenters. The molecular formula is C31H36Cl3N3O3. The van der Waals surface area contributed by atoms with Crippen molar-refractivity contribution in [2.45, 2.75) is 30.7 Å². The van der Waals surface area contributed by atoms with E-state index in [1.54, 1.807) is 4.90 Å². The van der Waals surface area contributed by atoms with Gasteiger partial charge in [-0.05, 0) is 61.2 Å². The summed E-state index contributed by atoms with van der Waals surface area (Å²) in [5.41, 5.74) is 2.35. The topological polar surface area (TPSA) is 61.9 Å². The summed E-state index contributed by atoms with van der Waals surface area (Å²) in [6.07, 6.45) is 1.97.